The topological polar surface area (TPSA) is 26.3 Å². The number of aldehydes is 1. The van der Waals surface area contributed by atoms with E-state index in [0.717, 1.165) is 32.2 Å². The lowest BCUT2D eigenvalue weighted by atomic mass is 9.93. The molecule has 1 aliphatic heterocycles. The zero-order chi connectivity index (χ0) is 10.5. The van der Waals surface area contributed by atoms with E-state index in [1.165, 1.54) is 5.56 Å². The Kier molecular flexibility index (Phi) is 3.51. The fourth-order valence-electron chi connectivity index (χ4n) is 2.05. The second kappa shape index (κ2) is 5.08. The summed E-state index contributed by atoms with van der Waals surface area (Å²) in [5.74, 6) is 0.201. The van der Waals surface area contributed by atoms with Crippen LogP contribution in [0.15, 0.2) is 30.3 Å². The van der Waals surface area contributed by atoms with Gasteiger partial charge in [0.1, 0.15) is 6.29 Å². The normalized spacial score (nSPS) is 26.1. The first-order valence-electron chi connectivity index (χ1n) is 5.49. The highest BCUT2D eigenvalue weighted by Crippen LogP contribution is 2.21. The van der Waals surface area contributed by atoms with Crippen molar-refractivity contribution in [3.05, 3.63) is 35.9 Å². The Morgan fingerprint density at radius 3 is 2.87 bits per heavy atom. The Bertz CT molecular complexity index is 308. The lowest BCUT2D eigenvalue weighted by Gasteiger charge is -2.26. The molecule has 2 heteroatoms. The molecule has 0 spiro atoms. The fourth-order valence-corrected chi connectivity index (χ4v) is 2.05. The minimum Gasteiger partial charge on any atom is -0.378 e. The smallest absolute Gasteiger partial charge is 0.123 e. The molecular formula is C13H16O2. The molecule has 0 aliphatic carbocycles. The van der Waals surface area contributed by atoms with E-state index in [0.29, 0.717) is 0 Å². The monoisotopic (exact) mass is 204 g/mol. The Morgan fingerprint density at radius 2 is 2.13 bits per heavy atom. The third-order valence-electron chi connectivity index (χ3n) is 2.91. The van der Waals surface area contributed by atoms with Crippen LogP contribution < -0.4 is 0 Å². The van der Waals surface area contributed by atoms with Gasteiger partial charge in [-0.3, -0.25) is 0 Å². The number of benzene rings is 1. The van der Waals surface area contributed by atoms with Gasteiger partial charge in [0.25, 0.3) is 0 Å². The summed E-state index contributed by atoms with van der Waals surface area (Å²) in [6.45, 7) is 0.723. The summed E-state index contributed by atoms with van der Waals surface area (Å²) in [6, 6.07) is 10.3. The van der Waals surface area contributed by atoms with Crippen molar-refractivity contribution < 1.29 is 9.53 Å². The van der Waals surface area contributed by atoms with E-state index in [4.69, 9.17) is 4.74 Å². The van der Waals surface area contributed by atoms with Crippen LogP contribution in [0.5, 0.6) is 0 Å². The maximum atomic E-state index is 10.7. The van der Waals surface area contributed by atoms with Crippen molar-refractivity contribution in [1.82, 2.24) is 0 Å². The molecule has 15 heavy (non-hydrogen) atoms. The van der Waals surface area contributed by atoms with Crippen molar-refractivity contribution in [2.75, 3.05) is 6.61 Å². The van der Waals surface area contributed by atoms with E-state index in [1.807, 2.05) is 18.2 Å². The van der Waals surface area contributed by atoms with Gasteiger partial charge in [0.2, 0.25) is 0 Å². The first-order chi connectivity index (χ1) is 7.38. The Balaban J connectivity index is 1.92. The largest absolute Gasteiger partial charge is 0.378 e. The molecule has 1 saturated heterocycles. The Labute approximate surface area is 90.3 Å². The van der Waals surface area contributed by atoms with Crippen molar-refractivity contribution in [3.8, 4) is 0 Å². The molecule has 0 bridgehead atoms. The second-order valence-electron chi connectivity index (χ2n) is 4.10. The van der Waals surface area contributed by atoms with Gasteiger partial charge in [-0.2, -0.15) is 0 Å². The van der Waals surface area contributed by atoms with Crippen LogP contribution >= 0.6 is 0 Å². The van der Waals surface area contributed by atoms with Crippen LogP contribution in [-0.2, 0) is 16.0 Å². The lowest BCUT2D eigenvalue weighted by molar-refractivity contribution is -0.115. The van der Waals surface area contributed by atoms with Crippen LogP contribution in [0.1, 0.15) is 18.4 Å². The van der Waals surface area contributed by atoms with Crippen molar-refractivity contribution in [2.24, 2.45) is 5.92 Å². The first-order valence-corrected chi connectivity index (χ1v) is 5.49. The SMILES string of the molecule is O=CC1CCOC(Cc2ccccc2)C1. The first kappa shape index (κ1) is 10.4. The van der Waals surface area contributed by atoms with Crippen LogP contribution in [0.4, 0.5) is 0 Å². The summed E-state index contributed by atoms with van der Waals surface area (Å²) in [6.07, 6.45) is 3.97. The molecular weight excluding hydrogens is 188 g/mol. The third-order valence-corrected chi connectivity index (χ3v) is 2.91. The van der Waals surface area contributed by atoms with Crippen molar-refractivity contribution in [3.63, 3.8) is 0 Å². The summed E-state index contributed by atoms with van der Waals surface area (Å²) in [5, 5.41) is 0. The fraction of sp³-hybridized carbons (Fsp3) is 0.462. The number of ether oxygens (including phenoxy) is 1. The number of hydrogen-bond acceptors (Lipinski definition) is 2. The molecule has 80 valence electrons. The number of carbonyl (C=O) groups is 1. The predicted octanol–water partition coefficient (Wildman–Crippen LogP) is 2.22. The number of rotatable bonds is 3. The molecule has 1 aromatic rings. The Hall–Kier alpha value is -1.15. The molecule has 2 nitrogen and oxygen atoms in total. The molecule has 1 aromatic carbocycles. The van der Waals surface area contributed by atoms with Gasteiger partial charge in [-0.15, -0.1) is 0 Å². The number of carbonyl (C=O) groups excluding carboxylic acids is 1. The van der Waals surface area contributed by atoms with Gasteiger partial charge < -0.3 is 9.53 Å². The molecule has 0 aromatic heterocycles. The molecule has 1 heterocycles. The molecule has 2 unspecified atom stereocenters. The standard InChI is InChI=1S/C13H16O2/c14-10-12-6-7-15-13(9-12)8-11-4-2-1-3-5-11/h1-5,10,12-13H,6-9H2. The van der Waals surface area contributed by atoms with Gasteiger partial charge in [-0.05, 0) is 24.8 Å². The highest BCUT2D eigenvalue weighted by molar-refractivity contribution is 5.53. The molecule has 1 aliphatic rings. The average Bonchev–Trinajstić information content (AvgIpc) is 2.31. The maximum absolute atomic E-state index is 10.7. The summed E-state index contributed by atoms with van der Waals surface area (Å²) in [4.78, 5) is 10.7. The molecule has 0 saturated carbocycles. The van der Waals surface area contributed by atoms with Crippen molar-refractivity contribution >= 4 is 6.29 Å². The van der Waals surface area contributed by atoms with Gasteiger partial charge in [0.15, 0.2) is 0 Å². The summed E-state index contributed by atoms with van der Waals surface area (Å²) in [7, 11) is 0. The maximum Gasteiger partial charge on any atom is 0.123 e. The summed E-state index contributed by atoms with van der Waals surface area (Å²) < 4.78 is 5.66. The van der Waals surface area contributed by atoms with E-state index in [-0.39, 0.29) is 12.0 Å². The second-order valence-corrected chi connectivity index (χ2v) is 4.10. The molecule has 0 amide bonds. The van der Waals surface area contributed by atoms with E-state index in [9.17, 15) is 4.79 Å². The molecule has 1 fully saturated rings. The van der Waals surface area contributed by atoms with Crippen LogP contribution in [-0.4, -0.2) is 19.0 Å². The van der Waals surface area contributed by atoms with Gasteiger partial charge in [0, 0.05) is 12.5 Å². The molecule has 2 rings (SSSR count). The van der Waals surface area contributed by atoms with E-state index < -0.39 is 0 Å². The van der Waals surface area contributed by atoms with Gasteiger partial charge in [0.05, 0.1) is 6.10 Å². The van der Waals surface area contributed by atoms with Crippen molar-refractivity contribution in [2.45, 2.75) is 25.4 Å². The van der Waals surface area contributed by atoms with Gasteiger partial charge in [-0.25, -0.2) is 0 Å². The minimum atomic E-state index is 0.201. The lowest BCUT2D eigenvalue weighted by Crippen LogP contribution is -2.28. The minimum absolute atomic E-state index is 0.201. The van der Waals surface area contributed by atoms with Crippen LogP contribution in [0.2, 0.25) is 0 Å². The van der Waals surface area contributed by atoms with Crippen LogP contribution in [0, 0.1) is 5.92 Å². The highest BCUT2D eigenvalue weighted by atomic mass is 16.5. The zero-order valence-electron chi connectivity index (χ0n) is 8.76. The third kappa shape index (κ3) is 2.90. The van der Waals surface area contributed by atoms with Crippen LogP contribution in [0.3, 0.4) is 0 Å². The quantitative estimate of drug-likeness (QED) is 0.706. The van der Waals surface area contributed by atoms with Gasteiger partial charge in [-0.1, -0.05) is 30.3 Å². The predicted molar refractivity (Wildman–Crippen MR) is 58.7 cm³/mol. The summed E-state index contributed by atoms with van der Waals surface area (Å²) >= 11 is 0. The zero-order valence-corrected chi connectivity index (χ0v) is 8.76. The van der Waals surface area contributed by atoms with Gasteiger partial charge >= 0.3 is 0 Å². The van der Waals surface area contributed by atoms with Crippen molar-refractivity contribution in [1.29, 1.82) is 0 Å². The molecule has 0 radical (unpaired) electrons. The van der Waals surface area contributed by atoms with E-state index in [1.54, 1.807) is 0 Å². The molecule has 0 N–H and O–H groups in total. The highest BCUT2D eigenvalue weighted by Gasteiger charge is 2.21. The van der Waals surface area contributed by atoms with Crippen LogP contribution in [0.25, 0.3) is 0 Å². The Morgan fingerprint density at radius 1 is 1.33 bits per heavy atom. The average molecular weight is 204 g/mol. The van der Waals surface area contributed by atoms with E-state index >= 15 is 0 Å². The summed E-state index contributed by atoms with van der Waals surface area (Å²) in [5.41, 5.74) is 1.29. The van der Waals surface area contributed by atoms with E-state index in [2.05, 4.69) is 12.1 Å². The molecule has 2 atom stereocenters. The number of hydrogen-bond donors (Lipinski definition) is 0.